The Labute approximate surface area is 127 Å². The van der Waals surface area contributed by atoms with Crippen LogP contribution in [0.15, 0.2) is 30.6 Å². The van der Waals surface area contributed by atoms with Gasteiger partial charge in [0.1, 0.15) is 5.82 Å². The molecule has 0 bridgehead atoms. The van der Waals surface area contributed by atoms with Gasteiger partial charge in [-0.1, -0.05) is 17.7 Å². The van der Waals surface area contributed by atoms with Gasteiger partial charge in [-0.15, -0.1) is 11.3 Å². The molecule has 2 aromatic rings. The summed E-state index contributed by atoms with van der Waals surface area (Å²) in [6, 6.07) is 5.78. The Morgan fingerprint density at radius 2 is 2.10 bits per heavy atom. The van der Waals surface area contributed by atoms with Crippen LogP contribution >= 0.6 is 22.9 Å². The lowest BCUT2D eigenvalue weighted by Crippen LogP contribution is -2.34. The predicted molar refractivity (Wildman–Crippen MR) is 80.2 cm³/mol. The molecule has 20 heavy (non-hydrogen) atoms. The maximum atomic E-state index is 5.87. The number of anilines is 1. The molecule has 0 atom stereocenters. The van der Waals surface area contributed by atoms with Crippen LogP contribution in [-0.2, 0) is 16.0 Å². The number of nitrogens with zero attached hydrogens (tertiary/aromatic N) is 3. The first-order valence-corrected chi connectivity index (χ1v) is 7.24. The van der Waals surface area contributed by atoms with Crippen molar-refractivity contribution in [2.75, 3.05) is 25.7 Å². The summed E-state index contributed by atoms with van der Waals surface area (Å²) in [5.41, 5.74) is 0. The number of pyridine rings is 1. The van der Waals surface area contributed by atoms with E-state index in [2.05, 4.69) is 14.9 Å². The number of aromatic nitrogens is 2. The van der Waals surface area contributed by atoms with E-state index in [0.717, 1.165) is 10.7 Å². The molecule has 0 aliphatic rings. The number of halogens is 1. The van der Waals surface area contributed by atoms with Crippen LogP contribution in [0, 0.1) is 0 Å². The first-order chi connectivity index (χ1) is 9.72. The highest BCUT2D eigenvalue weighted by atomic mass is 35.5. The van der Waals surface area contributed by atoms with Crippen molar-refractivity contribution in [2.24, 2.45) is 0 Å². The zero-order chi connectivity index (χ0) is 14.4. The Balaban J connectivity index is 2.15. The highest BCUT2D eigenvalue weighted by molar-refractivity contribution is 7.15. The molecule has 0 spiro atoms. The van der Waals surface area contributed by atoms with Gasteiger partial charge in [0.15, 0.2) is 10.8 Å². The van der Waals surface area contributed by atoms with Crippen molar-refractivity contribution in [2.45, 2.75) is 12.8 Å². The smallest absolute Gasteiger partial charge is 0.183 e. The van der Waals surface area contributed by atoms with Crippen LogP contribution in [0.25, 0.3) is 0 Å². The summed E-state index contributed by atoms with van der Waals surface area (Å²) < 4.78 is 11.1. The highest BCUT2D eigenvalue weighted by Crippen LogP contribution is 2.22. The topological polar surface area (TPSA) is 47.5 Å². The Bertz CT molecular complexity index is 519. The van der Waals surface area contributed by atoms with E-state index < -0.39 is 0 Å². The van der Waals surface area contributed by atoms with E-state index in [1.165, 1.54) is 11.3 Å². The second-order valence-corrected chi connectivity index (χ2v) is 5.75. The Hall–Kier alpha value is -1.21. The van der Waals surface area contributed by atoms with E-state index in [0.29, 0.717) is 17.6 Å². The first kappa shape index (κ1) is 15.2. The molecule has 2 rings (SSSR count). The van der Waals surface area contributed by atoms with E-state index >= 15 is 0 Å². The number of rotatable bonds is 7. The molecule has 0 saturated carbocycles. The van der Waals surface area contributed by atoms with Crippen LogP contribution in [0.4, 0.5) is 5.82 Å². The summed E-state index contributed by atoms with van der Waals surface area (Å²) in [5.74, 6) is 0.858. The van der Waals surface area contributed by atoms with Gasteiger partial charge >= 0.3 is 0 Å². The maximum absolute atomic E-state index is 5.87. The summed E-state index contributed by atoms with van der Waals surface area (Å²) in [7, 11) is 3.24. The average molecular weight is 314 g/mol. The minimum atomic E-state index is -0.319. The van der Waals surface area contributed by atoms with Gasteiger partial charge in [-0.25, -0.2) is 9.97 Å². The highest BCUT2D eigenvalue weighted by Gasteiger charge is 2.16. The van der Waals surface area contributed by atoms with E-state index in [1.807, 2.05) is 18.2 Å². The molecule has 0 saturated heterocycles. The zero-order valence-corrected chi connectivity index (χ0v) is 12.9. The molecule has 0 fully saturated rings. The summed E-state index contributed by atoms with van der Waals surface area (Å²) >= 11 is 7.33. The molecule has 108 valence electrons. The lowest BCUT2D eigenvalue weighted by atomic mass is 10.3. The summed E-state index contributed by atoms with van der Waals surface area (Å²) in [6.45, 7) is 1.23. The number of thiazole rings is 1. The monoisotopic (exact) mass is 313 g/mol. The lowest BCUT2D eigenvalue weighted by molar-refractivity contribution is -0.0951. The van der Waals surface area contributed by atoms with Gasteiger partial charge < -0.3 is 14.4 Å². The molecular formula is C13H16ClN3O2S. The molecule has 5 nitrogen and oxygen atoms in total. The largest absolute Gasteiger partial charge is 0.354 e. The Morgan fingerprint density at radius 1 is 1.30 bits per heavy atom. The third kappa shape index (κ3) is 4.14. The van der Waals surface area contributed by atoms with Gasteiger partial charge in [0, 0.05) is 31.5 Å². The molecule has 7 heteroatoms. The first-order valence-electron chi connectivity index (χ1n) is 6.04. The zero-order valence-electron chi connectivity index (χ0n) is 11.3. The third-order valence-corrected chi connectivity index (χ3v) is 3.84. The Morgan fingerprint density at radius 3 is 2.65 bits per heavy atom. The van der Waals surface area contributed by atoms with Crippen molar-refractivity contribution in [3.8, 4) is 0 Å². The second kappa shape index (κ2) is 7.54. The van der Waals surface area contributed by atoms with E-state index in [-0.39, 0.29) is 6.29 Å². The van der Waals surface area contributed by atoms with Crippen molar-refractivity contribution in [3.05, 3.63) is 39.9 Å². The predicted octanol–water partition coefficient (Wildman–Crippen LogP) is 2.82. The van der Waals surface area contributed by atoms with Gasteiger partial charge in [-0.05, 0) is 12.1 Å². The number of ether oxygens (including phenoxy) is 2. The minimum absolute atomic E-state index is 0.319. The van der Waals surface area contributed by atoms with Crippen LogP contribution in [0.5, 0.6) is 0 Å². The van der Waals surface area contributed by atoms with Crippen molar-refractivity contribution in [3.63, 3.8) is 0 Å². The van der Waals surface area contributed by atoms with Crippen molar-refractivity contribution >= 4 is 28.8 Å². The summed E-state index contributed by atoms with van der Waals surface area (Å²) in [4.78, 5) is 11.6. The number of hydrogen-bond acceptors (Lipinski definition) is 6. The normalized spacial score (nSPS) is 11.0. The van der Waals surface area contributed by atoms with Crippen LogP contribution in [0.3, 0.4) is 0 Å². The van der Waals surface area contributed by atoms with E-state index in [9.17, 15) is 0 Å². The van der Waals surface area contributed by atoms with E-state index in [4.69, 9.17) is 21.1 Å². The average Bonchev–Trinajstić information content (AvgIpc) is 2.89. The quantitative estimate of drug-likeness (QED) is 0.736. The van der Waals surface area contributed by atoms with Crippen LogP contribution < -0.4 is 4.90 Å². The molecule has 0 amide bonds. The molecule has 0 unspecified atom stereocenters. The molecular weight excluding hydrogens is 298 g/mol. The fraction of sp³-hybridized carbons (Fsp3) is 0.385. The van der Waals surface area contributed by atoms with E-state index in [1.54, 1.807) is 26.6 Å². The van der Waals surface area contributed by atoms with Gasteiger partial charge in [-0.2, -0.15) is 0 Å². The van der Waals surface area contributed by atoms with Crippen molar-refractivity contribution in [1.82, 2.24) is 9.97 Å². The fourth-order valence-corrected chi connectivity index (χ4v) is 2.74. The van der Waals surface area contributed by atoms with Crippen molar-refractivity contribution < 1.29 is 9.47 Å². The third-order valence-electron chi connectivity index (χ3n) is 2.74. The molecule has 0 radical (unpaired) electrons. The fourth-order valence-electron chi connectivity index (χ4n) is 1.75. The molecule has 0 aliphatic heterocycles. The molecule has 0 N–H and O–H groups in total. The maximum Gasteiger partial charge on any atom is 0.183 e. The van der Waals surface area contributed by atoms with Crippen LogP contribution in [0.2, 0.25) is 4.47 Å². The Kier molecular flexibility index (Phi) is 5.72. The van der Waals surface area contributed by atoms with Gasteiger partial charge in [0.05, 0.1) is 13.1 Å². The summed E-state index contributed by atoms with van der Waals surface area (Å²) in [5, 5.41) is 0. The molecule has 2 aromatic heterocycles. The number of hydrogen-bond donors (Lipinski definition) is 0. The number of methoxy groups -OCH3 is 2. The van der Waals surface area contributed by atoms with Gasteiger partial charge in [0.2, 0.25) is 0 Å². The standard InChI is InChI=1S/C13H16ClN3O2S/c1-18-12(19-2)9-17(11-5-3-4-6-15-11)8-10-7-16-13(14)20-10/h3-7,12H,8-9H2,1-2H3. The second-order valence-electron chi connectivity index (χ2n) is 4.05. The molecule has 0 aliphatic carbocycles. The SMILES string of the molecule is COC(CN(Cc1cnc(Cl)s1)c1ccccn1)OC. The summed E-state index contributed by atoms with van der Waals surface area (Å²) in [6.07, 6.45) is 3.22. The lowest BCUT2D eigenvalue weighted by Gasteiger charge is -2.26. The molecule has 2 heterocycles. The van der Waals surface area contributed by atoms with Crippen LogP contribution in [0.1, 0.15) is 4.88 Å². The van der Waals surface area contributed by atoms with Gasteiger partial charge in [0.25, 0.3) is 0 Å². The van der Waals surface area contributed by atoms with Crippen LogP contribution in [-0.4, -0.2) is 37.0 Å². The minimum Gasteiger partial charge on any atom is -0.354 e. The molecule has 0 aromatic carbocycles. The van der Waals surface area contributed by atoms with Crippen molar-refractivity contribution in [1.29, 1.82) is 0 Å². The van der Waals surface area contributed by atoms with Gasteiger partial charge in [-0.3, -0.25) is 0 Å².